The Hall–Kier alpha value is -3.26. The normalized spacial score (nSPS) is 14.0. The molecule has 2 heterocycles. The van der Waals surface area contributed by atoms with Crippen molar-refractivity contribution in [3.8, 4) is 5.69 Å². The Labute approximate surface area is 160 Å². The summed E-state index contributed by atoms with van der Waals surface area (Å²) in [7, 11) is 0. The summed E-state index contributed by atoms with van der Waals surface area (Å²) >= 11 is 4.80. The van der Waals surface area contributed by atoms with Gasteiger partial charge in [0, 0.05) is 17.1 Å². The van der Waals surface area contributed by atoms with Crippen LogP contribution in [-0.4, -0.2) is 32.6 Å². The Morgan fingerprint density at radius 3 is 2.30 bits per heavy atom. The SMILES string of the molecule is Cc1cc(C(=O)O)ccc1-n1c(C)cc(C=C2C(=O)NC(=S)NC2=O)c1C. The van der Waals surface area contributed by atoms with Crippen LogP contribution < -0.4 is 10.6 Å². The van der Waals surface area contributed by atoms with Gasteiger partial charge in [-0.3, -0.25) is 20.2 Å². The third-order valence-corrected chi connectivity index (χ3v) is 4.60. The number of thiocarbonyl (C=S) groups is 1. The largest absolute Gasteiger partial charge is 0.478 e. The molecular formula is C19H17N3O4S. The van der Waals surface area contributed by atoms with Crippen LogP contribution in [0.5, 0.6) is 0 Å². The van der Waals surface area contributed by atoms with Gasteiger partial charge >= 0.3 is 5.97 Å². The van der Waals surface area contributed by atoms with Gasteiger partial charge in [0.15, 0.2) is 5.11 Å². The smallest absolute Gasteiger partial charge is 0.335 e. The molecule has 0 bridgehead atoms. The molecule has 1 aromatic heterocycles. The summed E-state index contributed by atoms with van der Waals surface area (Å²) in [5.41, 5.74) is 4.24. The maximum absolute atomic E-state index is 12.1. The van der Waals surface area contributed by atoms with Gasteiger partial charge in [-0.15, -0.1) is 0 Å². The Balaban J connectivity index is 2.07. The second-order valence-corrected chi connectivity index (χ2v) is 6.67. The number of carboxylic acids is 1. The standard InChI is InChI=1S/C19H17N3O4S/c1-9-6-12(18(25)26)4-5-15(9)22-10(2)7-13(11(22)3)8-14-16(23)20-19(27)21-17(14)24/h4-8H,1-3H3,(H,25,26)(H2,20,21,23,24,27). The van der Waals surface area contributed by atoms with Crippen LogP contribution in [0.2, 0.25) is 0 Å². The van der Waals surface area contributed by atoms with Crippen LogP contribution in [0.15, 0.2) is 29.8 Å². The number of carboxylic acid groups (broad SMARTS) is 1. The van der Waals surface area contributed by atoms with Crippen molar-refractivity contribution < 1.29 is 19.5 Å². The number of aromatic nitrogens is 1. The summed E-state index contributed by atoms with van der Waals surface area (Å²) < 4.78 is 1.95. The highest BCUT2D eigenvalue weighted by atomic mass is 32.1. The van der Waals surface area contributed by atoms with E-state index in [2.05, 4.69) is 10.6 Å². The van der Waals surface area contributed by atoms with E-state index in [0.717, 1.165) is 22.6 Å². The van der Waals surface area contributed by atoms with Crippen molar-refractivity contribution >= 4 is 41.2 Å². The van der Waals surface area contributed by atoms with E-state index in [1.54, 1.807) is 18.2 Å². The van der Waals surface area contributed by atoms with Gasteiger partial charge in [-0.05, 0) is 74.5 Å². The second-order valence-electron chi connectivity index (χ2n) is 6.26. The minimum absolute atomic E-state index is 0.0123. The van der Waals surface area contributed by atoms with E-state index >= 15 is 0 Å². The fourth-order valence-corrected chi connectivity index (χ4v) is 3.29. The highest BCUT2D eigenvalue weighted by molar-refractivity contribution is 7.80. The van der Waals surface area contributed by atoms with Gasteiger partial charge in [-0.1, -0.05) is 0 Å². The lowest BCUT2D eigenvalue weighted by molar-refractivity contribution is -0.123. The first kappa shape index (κ1) is 18.5. The monoisotopic (exact) mass is 383 g/mol. The lowest BCUT2D eigenvalue weighted by Gasteiger charge is -2.16. The molecule has 27 heavy (non-hydrogen) atoms. The van der Waals surface area contributed by atoms with Crippen molar-refractivity contribution in [1.82, 2.24) is 15.2 Å². The molecule has 0 unspecified atom stereocenters. The predicted octanol–water partition coefficient (Wildman–Crippen LogP) is 2.02. The van der Waals surface area contributed by atoms with E-state index in [1.807, 2.05) is 31.4 Å². The highest BCUT2D eigenvalue weighted by Crippen LogP contribution is 2.26. The van der Waals surface area contributed by atoms with Crippen LogP contribution in [0.4, 0.5) is 0 Å². The van der Waals surface area contributed by atoms with Crippen LogP contribution in [0, 0.1) is 20.8 Å². The third-order valence-electron chi connectivity index (χ3n) is 4.40. The minimum Gasteiger partial charge on any atom is -0.478 e. The van der Waals surface area contributed by atoms with E-state index in [9.17, 15) is 14.4 Å². The van der Waals surface area contributed by atoms with Gasteiger partial charge in [0.25, 0.3) is 11.8 Å². The molecule has 1 aliphatic rings. The molecule has 0 aliphatic carbocycles. The quantitative estimate of drug-likeness (QED) is 0.428. The van der Waals surface area contributed by atoms with E-state index < -0.39 is 17.8 Å². The first-order valence-electron chi connectivity index (χ1n) is 8.10. The molecule has 138 valence electrons. The zero-order valence-corrected chi connectivity index (χ0v) is 15.7. The molecule has 1 saturated heterocycles. The number of nitrogens with one attached hydrogen (secondary N) is 2. The summed E-state index contributed by atoms with van der Waals surface area (Å²) in [6.07, 6.45) is 1.52. The maximum atomic E-state index is 12.1. The Morgan fingerprint density at radius 2 is 1.74 bits per heavy atom. The lowest BCUT2D eigenvalue weighted by Crippen LogP contribution is -2.51. The number of nitrogens with zero attached hydrogens (tertiary/aromatic N) is 1. The summed E-state index contributed by atoms with van der Waals surface area (Å²) in [5.74, 6) is -2.07. The molecular weight excluding hydrogens is 366 g/mol. The Morgan fingerprint density at radius 1 is 1.11 bits per heavy atom. The molecule has 7 nitrogen and oxygen atoms in total. The molecule has 0 radical (unpaired) electrons. The summed E-state index contributed by atoms with van der Waals surface area (Å²) in [4.78, 5) is 35.3. The zero-order valence-electron chi connectivity index (χ0n) is 14.9. The number of carbonyl (C=O) groups excluding carboxylic acids is 2. The van der Waals surface area contributed by atoms with Crippen molar-refractivity contribution in [3.05, 3.63) is 57.9 Å². The lowest BCUT2D eigenvalue weighted by atomic mass is 10.1. The maximum Gasteiger partial charge on any atom is 0.335 e. The summed E-state index contributed by atoms with van der Waals surface area (Å²) in [6, 6.07) is 6.76. The van der Waals surface area contributed by atoms with E-state index in [1.165, 1.54) is 6.08 Å². The summed E-state index contributed by atoms with van der Waals surface area (Å²) in [6.45, 7) is 5.60. The van der Waals surface area contributed by atoms with Crippen molar-refractivity contribution in [2.75, 3.05) is 0 Å². The number of hydrogen-bond acceptors (Lipinski definition) is 4. The molecule has 3 N–H and O–H groups in total. The van der Waals surface area contributed by atoms with Crippen LogP contribution >= 0.6 is 12.2 Å². The van der Waals surface area contributed by atoms with Crippen molar-refractivity contribution in [2.45, 2.75) is 20.8 Å². The molecule has 1 fully saturated rings. The van der Waals surface area contributed by atoms with E-state index in [4.69, 9.17) is 17.3 Å². The zero-order chi connectivity index (χ0) is 19.9. The average Bonchev–Trinajstić information content (AvgIpc) is 2.85. The first-order valence-corrected chi connectivity index (χ1v) is 8.51. The van der Waals surface area contributed by atoms with Gasteiger partial charge in [0.05, 0.1) is 5.56 Å². The van der Waals surface area contributed by atoms with Gasteiger partial charge < -0.3 is 9.67 Å². The number of amides is 2. The van der Waals surface area contributed by atoms with Gasteiger partial charge in [0.2, 0.25) is 0 Å². The summed E-state index contributed by atoms with van der Waals surface area (Å²) in [5, 5.41) is 13.9. The number of benzene rings is 1. The predicted molar refractivity (Wildman–Crippen MR) is 104 cm³/mol. The number of hydrogen-bond donors (Lipinski definition) is 3. The van der Waals surface area contributed by atoms with Gasteiger partial charge in [-0.2, -0.15) is 0 Å². The average molecular weight is 383 g/mol. The van der Waals surface area contributed by atoms with E-state index in [-0.39, 0.29) is 16.2 Å². The number of aryl methyl sites for hydroxylation is 2. The number of rotatable bonds is 3. The molecule has 0 spiro atoms. The molecule has 3 rings (SSSR count). The number of carbonyl (C=O) groups is 3. The van der Waals surface area contributed by atoms with Crippen LogP contribution in [0.3, 0.4) is 0 Å². The first-order chi connectivity index (χ1) is 12.7. The van der Waals surface area contributed by atoms with Crippen LogP contribution in [-0.2, 0) is 9.59 Å². The molecule has 0 atom stereocenters. The van der Waals surface area contributed by atoms with Crippen LogP contribution in [0.25, 0.3) is 11.8 Å². The molecule has 1 aromatic carbocycles. The highest BCUT2D eigenvalue weighted by Gasteiger charge is 2.26. The van der Waals surface area contributed by atoms with Crippen molar-refractivity contribution in [1.29, 1.82) is 0 Å². The fraction of sp³-hybridized carbons (Fsp3) is 0.158. The fourth-order valence-electron chi connectivity index (χ4n) is 3.11. The van der Waals surface area contributed by atoms with Gasteiger partial charge in [-0.25, -0.2) is 4.79 Å². The van der Waals surface area contributed by atoms with E-state index in [0.29, 0.717) is 5.56 Å². The number of aromatic carboxylic acids is 1. The molecule has 0 saturated carbocycles. The van der Waals surface area contributed by atoms with Crippen molar-refractivity contribution in [2.24, 2.45) is 0 Å². The molecule has 2 amide bonds. The molecule has 8 heteroatoms. The molecule has 1 aliphatic heterocycles. The third kappa shape index (κ3) is 3.39. The minimum atomic E-state index is -0.983. The topological polar surface area (TPSA) is 100 Å². The Bertz CT molecular complexity index is 1030. The Kier molecular flexibility index (Phi) is 4.67. The van der Waals surface area contributed by atoms with Gasteiger partial charge in [0.1, 0.15) is 5.57 Å². The molecule has 2 aromatic rings. The van der Waals surface area contributed by atoms with Crippen molar-refractivity contribution in [3.63, 3.8) is 0 Å². The van der Waals surface area contributed by atoms with Crippen LogP contribution in [0.1, 0.15) is 32.9 Å². The second kappa shape index (κ2) is 6.81.